The molecule has 1 aliphatic heterocycles. The molecule has 6 heteroatoms. The van der Waals surface area contributed by atoms with Crippen molar-refractivity contribution in [3.05, 3.63) is 60.4 Å². The van der Waals surface area contributed by atoms with E-state index in [1.807, 2.05) is 18.2 Å². The highest BCUT2D eigenvalue weighted by Gasteiger charge is 2.41. The fourth-order valence-corrected chi connectivity index (χ4v) is 3.03. The monoisotopic (exact) mass is 308 g/mol. The third-order valence-corrected chi connectivity index (χ3v) is 4.29. The molecular weight excluding hydrogens is 292 g/mol. The van der Waals surface area contributed by atoms with Crippen molar-refractivity contribution in [3.8, 4) is 11.6 Å². The van der Waals surface area contributed by atoms with E-state index >= 15 is 0 Å². The van der Waals surface area contributed by atoms with E-state index in [2.05, 4.69) is 32.3 Å². The summed E-state index contributed by atoms with van der Waals surface area (Å²) in [6.07, 6.45) is 6.49. The molecule has 3 heterocycles. The SMILES string of the molecule is c1ccc(C2(c3nnc(-c4cnccn4)o3)CCOCC2)cc1. The molecule has 0 spiro atoms. The van der Waals surface area contributed by atoms with Gasteiger partial charge in [0.1, 0.15) is 5.69 Å². The lowest BCUT2D eigenvalue weighted by Gasteiger charge is -2.34. The average Bonchev–Trinajstić information content (AvgIpc) is 3.14. The third-order valence-electron chi connectivity index (χ3n) is 4.29. The van der Waals surface area contributed by atoms with Crippen molar-refractivity contribution in [2.24, 2.45) is 0 Å². The Kier molecular flexibility index (Phi) is 3.59. The van der Waals surface area contributed by atoms with Crippen LogP contribution < -0.4 is 0 Å². The molecule has 23 heavy (non-hydrogen) atoms. The van der Waals surface area contributed by atoms with Gasteiger partial charge in [-0.1, -0.05) is 30.3 Å². The fourth-order valence-electron chi connectivity index (χ4n) is 3.03. The van der Waals surface area contributed by atoms with Crippen LogP contribution in [-0.2, 0) is 10.2 Å². The van der Waals surface area contributed by atoms with Crippen molar-refractivity contribution in [3.63, 3.8) is 0 Å². The van der Waals surface area contributed by atoms with Gasteiger partial charge in [0.25, 0.3) is 5.89 Å². The minimum Gasteiger partial charge on any atom is -0.418 e. The first-order valence-corrected chi connectivity index (χ1v) is 7.62. The lowest BCUT2D eigenvalue weighted by molar-refractivity contribution is 0.0546. The van der Waals surface area contributed by atoms with Crippen LogP contribution in [0.3, 0.4) is 0 Å². The topological polar surface area (TPSA) is 73.9 Å². The maximum Gasteiger partial charge on any atom is 0.267 e. The van der Waals surface area contributed by atoms with Gasteiger partial charge in [0.2, 0.25) is 5.89 Å². The van der Waals surface area contributed by atoms with Crippen molar-refractivity contribution >= 4 is 0 Å². The highest BCUT2D eigenvalue weighted by molar-refractivity contribution is 5.44. The van der Waals surface area contributed by atoms with Crippen LogP contribution in [0, 0.1) is 0 Å². The van der Waals surface area contributed by atoms with E-state index in [4.69, 9.17) is 9.15 Å². The Morgan fingerprint density at radius 1 is 0.957 bits per heavy atom. The van der Waals surface area contributed by atoms with Crippen LogP contribution in [-0.4, -0.2) is 33.4 Å². The molecular formula is C17H16N4O2. The van der Waals surface area contributed by atoms with Crippen LogP contribution in [0.15, 0.2) is 53.3 Å². The molecule has 0 amide bonds. The maximum absolute atomic E-state index is 5.99. The van der Waals surface area contributed by atoms with Gasteiger partial charge in [-0.15, -0.1) is 10.2 Å². The molecule has 1 saturated heterocycles. The number of aromatic nitrogens is 4. The van der Waals surface area contributed by atoms with Crippen molar-refractivity contribution in [1.29, 1.82) is 0 Å². The number of nitrogens with zero attached hydrogens (tertiary/aromatic N) is 4. The van der Waals surface area contributed by atoms with Gasteiger partial charge in [-0.05, 0) is 18.4 Å². The molecule has 0 unspecified atom stereocenters. The Balaban J connectivity index is 1.78. The number of hydrogen-bond acceptors (Lipinski definition) is 6. The molecule has 6 nitrogen and oxygen atoms in total. The lowest BCUT2D eigenvalue weighted by atomic mass is 9.74. The molecule has 4 rings (SSSR count). The van der Waals surface area contributed by atoms with E-state index in [1.165, 1.54) is 5.56 Å². The number of rotatable bonds is 3. The predicted molar refractivity (Wildman–Crippen MR) is 82.6 cm³/mol. The van der Waals surface area contributed by atoms with Gasteiger partial charge in [0.05, 0.1) is 11.6 Å². The van der Waals surface area contributed by atoms with Gasteiger partial charge < -0.3 is 9.15 Å². The Morgan fingerprint density at radius 2 is 1.78 bits per heavy atom. The molecule has 0 atom stereocenters. The van der Waals surface area contributed by atoms with Crippen LogP contribution >= 0.6 is 0 Å². The van der Waals surface area contributed by atoms with Crippen LogP contribution in [0.25, 0.3) is 11.6 Å². The zero-order valence-electron chi connectivity index (χ0n) is 12.6. The number of ether oxygens (including phenoxy) is 1. The molecule has 2 aromatic heterocycles. The average molecular weight is 308 g/mol. The van der Waals surface area contributed by atoms with Gasteiger partial charge in [0, 0.05) is 25.6 Å². The normalized spacial score (nSPS) is 17.0. The highest BCUT2D eigenvalue weighted by Crippen LogP contribution is 2.40. The van der Waals surface area contributed by atoms with Crippen LogP contribution in [0.5, 0.6) is 0 Å². The van der Waals surface area contributed by atoms with Gasteiger partial charge in [-0.25, -0.2) is 4.98 Å². The standard InChI is InChI=1S/C17H16N4O2/c1-2-4-13(5-3-1)17(6-10-22-11-7-17)16-21-20-15(23-16)14-12-18-8-9-19-14/h1-5,8-9,12H,6-7,10-11H2. The number of benzene rings is 1. The fraction of sp³-hybridized carbons (Fsp3) is 0.294. The van der Waals surface area contributed by atoms with E-state index in [0.717, 1.165) is 12.8 Å². The summed E-state index contributed by atoms with van der Waals surface area (Å²) in [5, 5.41) is 8.50. The summed E-state index contributed by atoms with van der Waals surface area (Å²) in [7, 11) is 0. The zero-order valence-corrected chi connectivity index (χ0v) is 12.6. The van der Waals surface area contributed by atoms with Gasteiger partial charge in [-0.2, -0.15) is 0 Å². The highest BCUT2D eigenvalue weighted by atomic mass is 16.5. The Labute approximate surface area is 133 Å². The van der Waals surface area contributed by atoms with E-state index in [9.17, 15) is 0 Å². The largest absolute Gasteiger partial charge is 0.418 e. The molecule has 0 bridgehead atoms. The summed E-state index contributed by atoms with van der Waals surface area (Å²) in [5.41, 5.74) is 1.46. The second-order valence-corrected chi connectivity index (χ2v) is 5.56. The number of hydrogen-bond donors (Lipinski definition) is 0. The third kappa shape index (κ3) is 2.51. The minimum absolute atomic E-state index is 0.299. The van der Waals surface area contributed by atoms with Gasteiger partial charge >= 0.3 is 0 Å². The molecule has 0 saturated carbocycles. The van der Waals surface area contributed by atoms with E-state index in [0.29, 0.717) is 30.7 Å². The second kappa shape index (κ2) is 5.89. The summed E-state index contributed by atoms with van der Waals surface area (Å²) in [5.74, 6) is 1.02. The van der Waals surface area contributed by atoms with Crippen LogP contribution in [0.1, 0.15) is 24.3 Å². The Bertz CT molecular complexity index is 768. The summed E-state index contributed by atoms with van der Waals surface area (Å²) in [6, 6.07) is 10.3. The first kappa shape index (κ1) is 14.0. The summed E-state index contributed by atoms with van der Waals surface area (Å²) in [4.78, 5) is 8.27. The first-order chi connectivity index (χ1) is 11.4. The van der Waals surface area contributed by atoms with Crippen LogP contribution in [0.4, 0.5) is 0 Å². The van der Waals surface area contributed by atoms with Crippen molar-refractivity contribution in [2.75, 3.05) is 13.2 Å². The maximum atomic E-state index is 5.99. The van der Waals surface area contributed by atoms with E-state index in [-0.39, 0.29) is 5.41 Å². The van der Waals surface area contributed by atoms with Gasteiger partial charge in [0.15, 0.2) is 0 Å². The Morgan fingerprint density at radius 3 is 2.52 bits per heavy atom. The van der Waals surface area contributed by atoms with Crippen molar-refractivity contribution in [2.45, 2.75) is 18.3 Å². The molecule has 0 N–H and O–H groups in total. The summed E-state index contributed by atoms with van der Waals surface area (Å²) in [6.45, 7) is 1.36. The molecule has 116 valence electrons. The van der Waals surface area contributed by atoms with Crippen molar-refractivity contribution < 1.29 is 9.15 Å². The molecule has 0 radical (unpaired) electrons. The van der Waals surface area contributed by atoms with Crippen molar-refractivity contribution in [1.82, 2.24) is 20.2 Å². The molecule has 1 aliphatic rings. The first-order valence-electron chi connectivity index (χ1n) is 7.62. The zero-order chi connectivity index (χ0) is 15.5. The second-order valence-electron chi connectivity index (χ2n) is 5.56. The summed E-state index contributed by atoms with van der Waals surface area (Å²) < 4.78 is 11.5. The Hall–Kier alpha value is -2.60. The molecule has 1 fully saturated rings. The molecule has 1 aromatic carbocycles. The van der Waals surface area contributed by atoms with E-state index in [1.54, 1.807) is 18.6 Å². The minimum atomic E-state index is -0.299. The quantitative estimate of drug-likeness (QED) is 0.740. The smallest absolute Gasteiger partial charge is 0.267 e. The van der Waals surface area contributed by atoms with Crippen LogP contribution in [0.2, 0.25) is 0 Å². The molecule has 3 aromatic rings. The van der Waals surface area contributed by atoms with E-state index < -0.39 is 0 Å². The summed E-state index contributed by atoms with van der Waals surface area (Å²) >= 11 is 0. The molecule has 0 aliphatic carbocycles. The van der Waals surface area contributed by atoms with Gasteiger partial charge in [-0.3, -0.25) is 4.98 Å². The predicted octanol–water partition coefficient (Wildman–Crippen LogP) is 2.62. The lowest BCUT2D eigenvalue weighted by Crippen LogP contribution is -2.35.